The van der Waals surface area contributed by atoms with E-state index in [0.29, 0.717) is 17.6 Å². The first-order valence-electron chi connectivity index (χ1n) is 5.76. The summed E-state index contributed by atoms with van der Waals surface area (Å²) < 4.78 is 3.80. The standard InChI is InChI=1S/C10H17N5OS/c11-9(16)6-15(7-3-1-2-4-7)5-8-10(12)17-14-13-8/h7H,1-6,12H2,(H2,11,16). The Kier molecular flexibility index (Phi) is 3.90. The van der Waals surface area contributed by atoms with Crippen LogP contribution < -0.4 is 11.5 Å². The number of nitrogen functional groups attached to an aromatic ring is 1. The van der Waals surface area contributed by atoms with Gasteiger partial charge in [-0.25, -0.2) is 0 Å². The fourth-order valence-electron chi connectivity index (χ4n) is 2.30. The van der Waals surface area contributed by atoms with Gasteiger partial charge in [-0.2, -0.15) is 0 Å². The van der Waals surface area contributed by atoms with E-state index in [1.54, 1.807) is 0 Å². The van der Waals surface area contributed by atoms with Crippen molar-refractivity contribution < 1.29 is 4.79 Å². The Hall–Kier alpha value is -1.21. The number of carbonyl (C=O) groups excluding carboxylic acids is 1. The van der Waals surface area contributed by atoms with Gasteiger partial charge in [-0.3, -0.25) is 9.69 Å². The van der Waals surface area contributed by atoms with Crippen LogP contribution in [-0.4, -0.2) is 33.0 Å². The SMILES string of the molecule is NC(=O)CN(Cc1nnsc1N)C1CCCC1. The fourth-order valence-corrected chi connectivity index (χ4v) is 2.74. The van der Waals surface area contributed by atoms with Crippen LogP contribution in [0.3, 0.4) is 0 Å². The molecule has 1 fully saturated rings. The van der Waals surface area contributed by atoms with Crippen molar-refractivity contribution in [3.8, 4) is 0 Å². The van der Waals surface area contributed by atoms with E-state index >= 15 is 0 Å². The molecule has 1 amide bonds. The molecular formula is C10H17N5OS. The summed E-state index contributed by atoms with van der Waals surface area (Å²) in [7, 11) is 0. The van der Waals surface area contributed by atoms with Gasteiger partial charge in [-0.05, 0) is 12.8 Å². The number of primary amides is 1. The van der Waals surface area contributed by atoms with Crippen LogP contribution in [0.2, 0.25) is 0 Å². The van der Waals surface area contributed by atoms with Crippen LogP contribution in [-0.2, 0) is 11.3 Å². The first-order valence-corrected chi connectivity index (χ1v) is 6.53. The number of hydrogen-bond acceptors (Lipinski definition) is 6. The van der Waals surface area contributed by atoms with E-state index in [1.807, 2.05) is 0 Å². The zero-order chi connectivity index (χ0) is 12.3. The van der Waals surface area contributed by atoms with Gasteiger partial charge in [0.05, 0.1) is 6.54 Å². The molecule has 1 heterocycles. The van der Waals surface area contributed by atoms with Gasteiger partial charge in [0.2, 0.25) is 5.91 Å². The molecule has 6 nitrogen and oxygen atoms in total. The minimum absolute atomic E-state index is 0.266. The summed E-state index contributed by atoms with van der Waals surface area (Å²) in [6.45, 7) is 0.831. The van der Waals surface area contributed by atoms with E-state index in [-0.39, 0.29) is 12.5 Å². The molecule has 0 aromatic carbocycles. The van der Waals surface area contributed by atoms with Crippen LogP contribution >= 0.6 is 11.5 Å². The van der Waals surface area contributed by atoms with Gasteiger partial charge in [0.25, 0.3) is 0 Å². The van der Waals surface area contributed by atoms with Crippen molar-refractivity contribution >= 4 is 22.4 Å². The summed E-state index contributed by atoms with van der Waals surface area (Å²) in [5.41, 5.74) is 11.8. The van der Waals surface area contributed by atoms with E-state index < -0.39 is 0 Å². The molecule has 0 aliphatic heterocycles. The minimum atomic E-state index is -0.307. The Labute approximate surface area is 104 Å². The molecule has 1 aromatic heterocycles. The molecule has 17 heavy (non-hydrogen) atoms. The number of aromatic nitrogens is 2. The van der Waals surface area contributed by atoms with E-state index in [9.17, 15) is 4.79 Å². The van der Waals surface area contributed by atoms with Crippen LogP contribution in [0.4, 0.5) is 5.00 Å². The Morgan fingerprint density at radius 1 is 1.47 bits per heavy atom. The quantitative estimate of drug-likeness (QED) is 0.791. The third kappa shape index (κ3) is 3.13. The van der Waals surface area contributed by atoms with Gasteiger partial charge in [-0.15, -0.1) is 5.10 Å². The third-order valence-corrected chi connectivity index (χ3v) is 3.73. The molecule has 0 radical (unpaired) electrons. The predicted octanol–water partition coefficient (Wildman–Crippen LogP) is 0.350. The van der Waals surface area contributed by atoms with Crippen molar-refractivity contribution in [2.45, 2.75) is 38.3 Å². The highest BCUT2D eigenvalue weighted by atomic mass is 32.1. The number of nitrogens with zero attached hydrogens (tertiary/aromatic N) is 3. The van der Waals surface area contributed by atoms with Gasteiger partial charge in [0.15, 0.2) is 0 Å². The van der Waals surface area contributed by atoms with Crippen molar-refractivity contribution in [1.82, 2.24) is 14.5 Å². The molecule has 2 rings (SSSR count). The average Bonchev–Trinajstić information content (AvgIpc) is 2.89. The Balaban J connectivity index is 2.04. The largest absolute Gasteiger partial charge is 0.388 e. The number of amides is 1. The molecular weight excluding hydrogens is 238 g/mol. The molecule has 1 aromatic rings. The van der Waals surface area contributed by atoms with Gasteiger partial charge in [0.1, 0.15) is 10.7 Å². The molecule has 0 unspecified atom stereocenters. The van der Waals surface area contributed by atoms with Gasteiger partial charge in [-0.1, -0.05) is 17.3 Å². The summed E-state index contributed by atoms with van der Waals surface area (Å²) >= 11 is 1.18. The zero-order valence-electron chi connectivity index (χ0n) is 9.63. The molecule has 4 N–H and O–H groups in total. The molecule has 0 bridgehead atoms. The first kappa shape index (κ1) is 12.3. The second-order valence-corrected chi connectivity index (χ2v) is 5.18. The molecule has 0 atom stereocenters. The zero-order valence-corrected chi connectivity index (χ0v) is 10.4. The van der Waals surface area contributed by atoms with Gasteiger partial charge >= 0.3 is 0 Å². The Bertz CT molecular complexity index is 388. The lowest BCUT2D eigenvalue weighted by atomic mass is 10.2. The molecule has 0 saturated heterocycles. The maximum absolute atomic E-state index is 11.1. The van der Waals surface area contributed by atoms with Crippen molar-refractivity contribution in [2.24, 2.45) is 5.73 Å². The maximum atomic E-state index is 11.1. The van der Waals surface area contributed by atoms with Crippen molar-refractivity contribution in [1.29, 1.82) is 0 Å². The number of nitrogens with two attached hydrogens (primary N) is 2. The second-order valence-electron chi connectivity index (χ2n) is 4.39. The normalized spacial score (nSPS) is 16.8. The van der Waals surface area contributed by atoms with Crippen molar-refractivity contribution in [3.63, 3.8) is 0 Å². The van der Waals surface area contributed by atoms with Crippen LogP contribution in [0.25, 0.3) is 0 Å². The molecule has 1 saturated carbocycles. The van der Waals surface area contributed by atoms with E-state index in [4.69, 9.17) is 11.5 Å². The fraction of sp³-hybridized carbons (Fsp3) is 0.700. The molecule has 1 aliphatic carbocycles. The molecule has 1 aliphatic rings. The molecule has 0 spiro atoms. The third-order valence-electron chi connectivity index (χ3n) is 3.14. The summed E-state index contributed by atoms with van der Waals surface area (Å²) in [5, 5.41) is 4.61. The highest BCUT2D eigenvalue weighted by molar-refractivity contribution is 7.09. The van der Waals surface area contributed by atoms with Crippen LogP contribution in [0, 0.1) is 0 Å². The summed E-state index contributed by atoms with van der Waals surface area (Å²) in [5.74, 6) is -0.307. The highest BCUT2D eigenvalue weighted by Gasteiger charge is 2.25. The smallest absolute Gasteiger partial charge is 0.231 e. The summed E-state index contributed by atoms with van der Waals surface area (Å²) in [4.78, 5) is 13.2. The number of hydrogen-bond donors (Lipinski definition) is 2. The number of rotatable bonds is 5. The van der Waals surface area contributed by atoms with E-state index in [2.05, 4.69) is 14.5 Å². The minimum Gasteiger partial charge on any atom is -0.388 e. The summed E-state index contributed by atoms with van der Waals surface area (Å²) in [6, 6.07) is 0.420. The lowest BCUT2D eigenvalue weighted by Gasteiger charge is -2.26. The predicted molar refractivity (Wildman–Crippen MR) is 66.2 cm³/mol. The second kappa shape index (κ2) is 5.42. The number of anilines is 1. The first-order chi connectivity index (χ1) is 8.16. The summed E-state index contributed by atoms with van der Waals surface area (Å²) in [6.07, 6.45) is 4.66. The topological polar surface area (TPSA) is 98.1 Å². The van der Waals surface area contributed by atoms with Crippen LogP contribution in [0.5, 0.6) is 0 Å². The monoisotopic (exact) mass is 255 g/mol. The average molecular weight is 255 g/mol. The van der Waals surface area contributed by atoms with E-state index in [0.717, 1.165) is 18.5 Å². The lowest BCUT2D eigenvalue weighted by Crippen LogP contribution is -2.39. The van der Waals surface area contributed by atoms with Gasteiger partial charge in [0, 0.05) is 24.1 Å². The van der Waals surface area contributed by atoms with Crippen molar-refractivity contribution in [3.05, 3.63) is 5.69 Å². The van der Waals surface area contributed by atoms with Crippen LogP contribution in [0.15, 0.2) is 0 Å². The Morgan fingerprint density at radius 3 is 2.71 bits per heavy atom. The van der Waals surface area contributed by atoms with E-state index in [1.165, 1.54) is 24.4 Å². The van der Waals surface area contributed by atoms with Gasteiger partial charge < -0.3 is 11.5 Å². The number of carbonyl (C=O) groups is 1. The highest BCUT2D eigenvalue weighted by Crippen LogP contribution is 2.25. The van der Waals surface area contributed by atoms with Crippen molar-refractivity contribution in [2.75, 3.05) is 12.3 Å². The Morgan fingerprint density at radius 2 is 2.18 bits per heavy atom. The molecule has 7 heteroatoms. The lowest BCUT2D eigenvalue weighted by molar-refractivity contribution is -0.119. The molecule has 94 valence electrons. The maximum Gasteiger partial charge on any atom is 0.231 e. The van der Waals surface area contributed by atoms with Crippen LogP contribution in [0.1, 0.15) is 31.4 Å².